The summed E-state index contributed by atoms with van der Waals surface area (Å²) in [6, 6.07) is 16.2. The van der Waals surface area contributed by atoms with Crippen molar-refractivity contribution in [3.05, 3.63) is 59.7 Å². The lowest BCUT2D eigenvalue weighted by atomic mass is 9.84. The van der Waals surface area contributed by atoms with Gasteiger partial charge in [0.2, 0.25) is 0 Å². The highest BCUT2D eigenvalue weighted by Gasteiger charge is 2.22. The molecule has 2 N–H and O–H groups in total. The van der Waals surface area contributed by atoms with Gasteiger partial charge in [0.05, 0.1) is 27.4 Å². The van der Waals surface area contributed by atoms with E-state index in [4.69, 9.17) is 14.2 Å². The number of benzene rings is 2. The topological polar surface area (TPSA) is 64.1 Å². The van der Waals surface area contributed by atoms with Crippen molar-refractivity contribution in [1.82, 2.24) is 10.6 Å². The van der Waals surface area contributed by atoms with Crippen LogP contribution in [-0.2, 0) is 16.8 Å². The summed E-state index contributed by atoms with van der Waals surface area (Å²) < 4.78 is 16.5. The molecule has 29 heavy (non-hydrogen) atoms. The molecule has 0 aromatic heterocycles. The number of aliphatic imine (C=N–C) groups is 1. The minimum Gasteiger partial charge on any atom is -0.493 e. The maximum Gasteiger partial charge on any atom is 0.191 e. The van der Waals surface area contributed by atoms with Crippen LogP contribution in [0, 0.1) is 0 Å². The molecule has 0 radical (unpaired) electrons. The van der Waals surface area contributed by atoms with E-state index in [0.717, 1.165) is 23.0 Å². The monoisotopic (exact) mass is 399 g/mol. The van der Waals surface area contributed by atoms with Gasteiger partial charge in [-0.2, -0.15) is 0 Å². The molecule has 0 bridgehead atoms. The largest absolute Gasteiger partial charge is 0.493 e. The van der Waals surface area contributed by atoms with E-state index in [1.165, 1.54) is 5.56 Å². The van der Waals surface area contributed by atoms with E-state index in [1.807, 2.05) is 30.3 Å². The van der Waals surface area contributed by atoms with Gasteiger partial charge in [-0.15, -0.1) is 0 Å². The van der Waals surface area contributed by atoms with Gasteiger partial charge in [-0.3, -0.25) is 4.99 Å². The van der Waals surface area contributed by atoms with Crippen molar-refractivity contribution in [1.29, 1.82) is 0 Å². The minimum absolute atomic E-state index is 0.124. The highest BCUT2D eigenvalue weighted by Crippen LogP contribution is 2.32. The van der Waals surface area contributed by atoms with Crippen LogP contribution >= 0.6 is 0 Å². The SMILES string of the molecule is CN=C(NCCOCc1ccccc1)NCC(C)(C)c1ccc(OC)c(OC)c1. The molecule has 0 aliphatic rings. The Balaban J connectivity index is 1.80. The zero-order valence-corrected chi connectivity index (χ0v) is 18.1. The number of guanidine groups is 1. The number of nitrogens with one attached hydrogen (secondary N) is 2. The predicted molar refractivity (Wildman–Crippen MR) is 118 cm³/mol. The molecule has 158 valence electrons. The highest BCUT2D eigenvalue weighted by atomic mass is 16.5. The molecule has 0 heterocycles. The lowest BCUT2D eigenvalue weighted by Gasteiger charge is -2.27. The molecule has 0 saturated heterocycles. The van der Waals surface area contributed by atoms with E-state index >= 15 is 0 Å². The number of ether oxygens (including phenoxy) is 3. The summed E-state index contributed by atoms with van der Waals surface area (Å²) in [6.45, 7) is 6.97. The summed E-state index contributed by atoms with van der Waals surface area (Å²) in [4.78, 5) is 4.30. The first-order valence-corrected chi connectivity index (χ1v) is 9.79. The zero-order valence-electron chi connectivity index (χ0n) is 18.1. The van der Waals surface area contributed by atoms with Crippen molar-refractivity contribution in [3.63, 3.8) is 0 Å². The van der Waals surface area contributed by atoms with Gasteiger partial charge in [0.25, 0.3) is 0 Å². The average Bonchev–Trinajstić information content (AvgIpc) is 2.75. The molecule has 0 saturated carbocycles. The Morgan fingerprint density at radius 2 is 1.69 bits per heavy atom. The second-order valence-corrected chi connectivity index (χ2v) is 7.34. The molecule has 2 rings (SSSR count). The van der Waals surface area contributed by atoms with Crippen LogP contribution < -0.4 is 20.1 Å². The van der Waals surface area contributed by atoms with Crippen molar-refractivity contribution < 1.29 is 14.2 Å². The third-order valence-corrected chi connectivity index (χ3v) is 4.74. The van der Waals surface area contributed by atoms with E-state index in [0.29, 0.717) is 26.3 Å². The second kappa shape index (κ2) is 11.3. The number of methoxy groups -OCH3 is 2. The van der Waals surface area contributed by atoms with Gasteiger partial charge in [0, 0.05) is 25.6 Å². The molecule has 0 aliphatic heterocycles. The highest BCUT2D eigenvalue weighted by molar-refractivity contribution is 5.79. The van der Waals surface area contributed by atoms with Crippen molar-refractivity contribution in [2.75, 3.05) is 41.0 Å². The normalized spacial score (nSPS) is 11.8. The van der Waals surface area contributed by atoms with Gasteiger partial charge < -0.3 is 24.8 Å². The predicted octanol–water partition coefficient (Wildman–Crippen LogP) is 3.36. The number of hydrogen-bond acceptors (Lipinski definition) is 4. The van der Waals surface area contributed by atoms with Crippen LogP contribution in [0.25, 0.3) is 0 Å². The van der Waals surface area contributed by atoms with Crippen LogP contribution in [0.15, 0.2) is 53.5 Å². The van der Waals surface area contributed by atoms with E-state index in [-0.39, 0.29) is 5.41 Å². The molecule has 0 unspecified atom stereocenters. The lowest BCUT2D eigenvalue weighted by molar-refractivity contribution is 0.125. The second-order valence-electron chi connectivity index (χ2n) is 7.34. The molecule has 0 fully saturated rings. The molecular weight excluding hydrogens is 366 g/mol. The van der Waals surface area contributed by atoms with Crippen LogP contribution in [0.4, 0.5) is 0 Å². The smallest absolute Gasteiger partial charge is 0.191 e. The summed E-state index contributed by atoms with van der Waals surface area (Å²) in [5.41, 5.74) is 2.21. The summed E-state index contributed by atoms with van der Waals surface area (Å²) in [5.74, 6) is 2.21. The Morgan fingerprint density at radius 3 is 2.34 bits per heavy atom. The third kappa shape index (κ3) is 6.98. The fraction of sp³-hybridized carbons (Fsp3) is 0.435. The fourth-order valence-electron chi connectivity index (χ4n) is 2.89. The minimum atomic E-state index is -0.124. The summed E-state index contributed by atoms with van der Waals surface area (Å²) in [5, 5.41) is 6.68. The van der Waals surface area contributed by atoms with Gasteiger partial charge in [-0.25, -0.2) is 0 Å². The number of rotatable bonds is 10. The van der Waals surface area contributed by atoms with Gasteiger partial charge in [-0.05, 0) is 23.3 Å². The van der Waals surface area contributed by atoms with Gasteiger partial charge in [-0.1, -0.05) is 50.2 Å². The van der Waals surface area contributed by atoms with Gasteiger partial charge in [0.1, 0.15) is 0 Å². The molecule has 0 amide bonds. The first-order chi connectivity index (χ1) is 14.0. The Bertz CT molecular complexity index is 776. The zero-order chi connectivity index (χ0) is 21.1. The van der Waals surface area contributed by atoms with Crippen LogP contribution in [0.1, 0.15) is 25.0 Å². The summed E-state index contributed by atoms with van der Waals surface area (Å²) >= 11 is 0. The molecule has 0 atom stereocenters. The molecule has 6 heteroatoms. The molecule has 2 aromatic carbocycles. The lowest BCUT2D eigenvalue weighted by Crippen LogP contribution is -2.44. The molecule has 6 nitrogen and oxygen atoms in total. The van der Waals surface area contributed by atoms with Crippen molar-refractivity contribution in [3.8, 4) is 11.5 Å². The van der Waals surface area contributed by atoms with Crippen LogP contribution in [0.2, 0.25) is 0 Å². The molecule has 0 aliphatic carbocycles. The van der Waals surface area contributed by atoms with E-state index in [1.54, 1.807) is 21.3 Å². The van der Waals surface area contributed by atoms with Crippen LogP contribution in [-0.4, -0.2) is 46.9 Å². The maximum atomic E-state index is 5.71. The van der Waals surface area contributed by atoms with E-state index in [2.05, 4.69) is 47.7 Å². The Hall–Kier alpha value is -2.73. The number of nitrogens with zero attached hydrogens (tertiary/aromatic N) is 1. The van der Waals surface area contributed by atoms with E-state index < -0.39 is 0 Å². The summed E-state index contributed by atoms with van der Waals surface area (Å²) in [6.07, 6.45) is 0. The van der Waals surface area contributed by atoms with Crippen molar-refractivity contribution in [2.24, 2.45) is 4.99 Å². The van der Waals surface area contributed by atoms with Gasteiger partial charge >= 0.3 is 0 Å². The molecule has 0 spiro atoms. The first-order valence-electron chi connectivity index (χ1n) is 9.79. The maximum absolute atomic E-state index is 5.71. The molecule has 2 aromatic rings. The average molecular weight is 400 g/mol. The van der Waals surface area contributed by atoms with Crippen molar-refractivity contribution >= 4 is 5.96 Å². The fourth-order valence-corrected chi connectivity index (χ4v) is 2.89. The Kier molecular flexibility index (Phi) is 8.80. The standard InChI is InChI=1S/C23H33N3O3/c1-23(2,19-11-12-20(27-4)21(15-19)28-5)17-26-22(24-3)25-13-14-29-16-18-9-7-6-8-10-18/h6-12,15H,13-14,16-17H2,1-5H3,(H2,24,25,26). The Morgan fingerprint density at radius 1 is 0.966 bits per heavy atom. The van der Waals surface area contributed by atoms with Crippen LogP contribution in [0.5, 0.6) is 11.5 Å². The Labute approximate surface area is 174 Å². The first kappa shape index (κ1) is 22.6. The van der Waals surface area contributed by atoms with Crippen molar-refractivity contribution in [2.45, 2.75) is 25.9 Å². The van der Waals surface area contributed by atoms with Gasteiger partial charge in [0.15, 0.2) is 17.5 Å². The number of hydrogen-bond donors (Lipinski definition) is 2. The third-order valence-electron chi connectivity index (χ3n) is 4.74. The molecular formula is C23H33N3O3. The summed E-state index contributed by atoms with van der Waals surface area (Å²) in [7, 11) is 5.06. The van der Waals surface area contributed by atoms with Crippen LogP contribution in [0.3, 0.4) is 0 Å². The van der Waals surface area contributed by atoms with E-state index in [9.17, 15) is 0 Å². The quantitative estimate of drug-likeness (QED) is 0.364.